The minimum atomic E-state index is -0.786. The topological polar surface area (TPSA) is 63.6 Å². The lowest BCUT2D eigenvalue weighted by Crippen LogP contribution is -2.10. The molecule has 0 heterocycles. The van der Waals surface area contributed by atoms with E-state index in [0.717, 1.165) is 18.4 Å². The fourth-order valence-corrected chi connectivity index (χ4v) is 2.43. The Morgan fingerprint density at radius 2 is 1.74 bits per heavy atom. The summed E-state index contributed by atoms with van der Waals surface area (Å²) in [5, 5.41) is 8.37. The van der Waals surface area contributed by atoms with Crippen molar-refractivity contribution in [3.63, 3.8) is 0 Å². The quantitative estimate of drug-likeness (QED) is 0.400. The molecular weight excluding hydrogens is 340 g/mol. The first-order chi connectivity index (χ1) is 12.7. The van der Waals surface area contributed by atoms with E-state index in [0.29, 0.717) is 24.9 Å². The van der Waals surface area contributed by atoms with E-state index in [1.165, 1.54) is 18.4 Å². The fraction of sp³-hybridized carbons (Fsp3) is 0.565. The molecule has 27 heavy (non-hydrogen) atoms. The fourth-order valence-electron chi connectivity index (χ4n) is 2.43. The summed E-state index contributed by atoms with van der Waals surface area (Å²) in [5.41, 5.74) is 2.09. The molecule has 4 nitrogen and oxygen atoms in total. The first kappa shape index (κ1) is 24.9. The third-order valence-electron chi connectivity index (χ3n) is 3.95. The van der Waals surface area contributed by atoms with Crippen molar-refractivity contribution in [2.24, 2.45) is 11.8 Å². The van der Waals surface area contributed by atoms with Gasteiger partial charge in [0.1, 0.15) is 0 Å². The van der Waals surface area contributed by atoms with E-state index in [1.54, 1.807) is 12.1 Å². The average Bonchev–Trinajstić information content (AvgIpc) is 2.54. The second kappa shape index (κ2) is 15.0. The number of hydrogen-bond donors (Lipinski definition) is 1. The van der Waals surface area contributed by atoms with Crippen molar-refractivity contribution >= 4 is 11.9 Å². The van der Waals surface area contributed by atoms with Crippen LogP contribution in [0.2, 0.25) is 0 Å². The van der Waals surface area contributed by atoms with Crippen LogP contribution in [0.15, 0.2) is 42.5 Å². The van der Waals surface area contributed by atoms with Crippen LogP contribution in [0.5, 0.6) is 0 Å². The molecule has 4 heteroatoms. The minimum absolute atomic E-state index is 0.0610. The number of benzene rings is 1. The second-order valence-electron chi connectivity index (χ2n) is 7.62. The van der Waals surface area contributed by atoms with E-state index >= 15 is 0 Å². The summed E-state index contributed by atoms with van der Waals surface area (Å²) < 4.78 is 5.19. The number of carbonyl (C=O) groups excluding carboxylic acids is 1. The Bertz CT molecular complexity index is 549. The van der Waals surface area contributed by atoms with E-state index < -0.39 is 5.97 Å². The number of hydrogen-bond acceptors (Lipinski definition) is 3. The Morgan fingerprint density at radius 1 is 1.11 bits per heavy atom. The van der Waals surface area contributed by atoms with Crippen molar-refractivity contribution in [3.05, 3.63) is 48.0 Å². The number of ether oxygens (including phenoxy) is 1. The van der Waals surface area contributed by atoms with Crippen LogP contribution >= 0.6 is 0 Å². The Kier molecular flexibility index (Phi) is 13.8. The Morgan fingerprint density at radius 3 is 2.26 bits per heavy atom. The molecule has 1 atom stereocenters. The van der Waals surface area contributed by atoms with Gasteiger partial charge in [-0.05, 0) is 43.6 Å². The third kappa shape index (κ3) is 17.1. The number of carbonyl (C=O) groups is 2. The zero-order chi connectivity index (χ0) is 20.7. The van der Waals surface area contributed by atoms with Crippen molar-refractivity contribution in [1.82, 2.24) is 0 Å². The van der Waals surface area contributed by atoms with Gasteiger partial charge in [-0.15, -0.1) is 6.58 Å². The third-order valence-corrected chi connectivity index (χ3v) is 3.95. The van der Waals surface area contributed by atoms with Crippen molar-refractivity contribution in [3.8, 4) is 0 Å². The zero-order valence-electron chi connectivity index (χ0n) is 17.4. The summed E-state index contributed by atoms with van der Waals surface area (Å²) in [6.07, 6.45) is 5.10. The van der Waals surface area contributed by atoms with Gasteiger partial charge in [0.05, 0.1) is 13.0 Å². The second-order valence-corrected chi connectivity index (χ2v) is 7.62. The molecule has 0 saturated carbocycles. The highest BCUT2D eigenvalue weighted by atomic mass is 16.5. The van der Waals surface area contributed by atoms with Crippen LogP contribution in [-0.4, -0.2) is 23.7 Å². The Hall–Kier alpha value is -2.10. The Balaban J connectivity index is 0.000000569. The van der Waals surface area contributed by atoms with Gasteiger partial charge < -0.3 is 9.84 Å². The smallest absolute Gasteiger partial charge is 0.307 e. The van der Waals surface area contributed by atoms with Crippen LogP contribution in [0, 0.1) is 11.8 Å². The average molecular weight is 377 g/mol. The molecule has 152 valence electrons. The predicted octanol–water partition coefficient (Wildman–Crippen LogP) is 5.66. The molecule has 1 rings (SSSR count). The maximum Gasteiger partial charge on any atom is 0.307 e. The normalized spacial score (nSPS) is 11.3. The van der Waals surface area contributed by atoms with E-state index in [1.807, 2.05) is 32.0 Å². The van der Waals surface area contributed by atoms with Gasteiger partial charge in [-0.3, -0.25) is 9.59 Å². The van der Waals surface area contributed by atoms with Crippen molar-refractivity contribution < 1.29 is 19.4 Å². The first-order valence-corrected chi connectivity index (χ1v) is 9.76. The predicted molar refractivity (Wildman–Crippen MR) is 111 cm³/mol. The summed E-state index contributed by atoms with van der Waals surface area (Å²) in [5.74, 6) is 0.164. The number of carboxylic acids is 1. The molecule has 0 aliphatic carbocycles. The van der Waals surface area contributed by atoms with Crippen LogP contribution in [0.25, 0.3) is 0 Å². The molecule has 1 unspecified atom stereocenters. The number of rotatable bonds is 11. The summed E-state index contributed by atoms with van der Waals surface area (Å²) in [6, 6.07) is 9.13. The highest BCUT2D eigenvalue weighted by Gasteiger charge is 2.07. The zero-order valence-corrected chi connectivity index (χ0v) is 17.4. The SMILES string of the molecule is C=C(C)CCCC(C)CCOC(=O)CC(C)C.O=C(O)Cc1ccccc1. The molecule has 0 spiro atoms. The Labute approximate surface area is 164 Å². The molecule has 0 fully saturated rings. The lowest BCUT2D eigenvalue weighted by molar-refractivity contribution is -0.144. The summed E-state index contributed by atoms with van der Waals surface area (Å²) in [7, 11) is 0. The van der Waals surface area contributed by atoms with E-state index in [-0.39, 0.29) is 12.4 Å². The van der Waals surface area contributed by atoms with Crippen LogP contribution in [-0.2, 0) is 20.7 Å². The van der Waals surface area contributed by atoms with Gasteiger partial charge in [0, 0.05) is 6.42 Å². The number of carboxylic acid groups (broad SMARTS) is 1. The molecule has 0 aliphatic rings. The van der Waals surface area contributed by atoms with Gasteiger partial charge in [0.25, 0.3) is 0 Å². The maximum atomic E-state index is 11.3. The molecule has 0 radical (unpaired) electrons. The molecule has 1 aromatic carbocycles. The monoisotopic (exact) mass is 376 g/mol. The largest absolute Gasteiger partial charge is 0.481 e. The van der Waals surface area contributed by atoms with Crippen LogP contribution in [0.1, 0.15) is 65.4 Å². The summed E-state index contributed by atoms with van der Waals surface area (Å²) >= 11 is 0. The molecular formula is C23H36O4. The van der Waals surface area contributed by atoms with Gasteiger partial charge in [-0.2, -0.15) is 0 Å². The molecule has 0 bridgehead atoms. The van der Waals surface area contributed by atoms with Crippen molar-refractivity contribution in [2.45, 2.75) is 66.2 Å². The maximum absolute atomic E-state index is 11.3. The van der Waals surface area contributed by atoms with E-state index in [9.17, 15) is 9.59 Å². The van der Waals surface area contributed by atoms with Gasteiger partial charge in [0.2, 0.25) is 0 Å². The number of allylic oxidation sites excluding steroid dienone is 1. The van der Waals surface area contributed by atoms with Crippen LogP contribution in [0.4, 0.5) is 0 Å². The van der Waals surface area contributed by atoms with Gasteiger partial charge >= 0.3 is 11.9 Å². The highest BCUT2D eigenvalue weighted by Crippen LogP contribution is 2.14. The molecule has 1 N–H and O–H groups in total. The van der Waals surface area contributed by atoms with Crippen molar-refractivity contribution in [1.29, 1.82) is 0 Å². The molecule has 0 amide bonds. The highest BCUT2D eigenvalue weighted by molar-refractivity contribution is 5.70. The summed E-state index contributed by atoms with van der Waals surface area (Å²) in [4.78, 5) is 21.5. The van der Waals surface area contributed by atoms with E-state index in [2.05, 4.69) is 20.4 Å². The van der Waals surface area contributed by atoms with E-state index in [4.69, 9.17) is 9.84 Å². The molecule has 1 aromatic rings. The van der Waals surface area contributed by atoms with Gasteiger partial charge in [0.15, 0.2) is 0 Å². The molecule has 0 aliphatic heterocycles. The number of aliphatic carboxylic acids is 1. The lowest BCUT2D eigenvalue weighted by atomic mass is 9.99. The summed E-state index contributed by atoms with van der Waals surface area (Å²) in [6.45, 7) is 12.8. The van der Waals surface area contributed by atoms with Crippen molar-refractivity contribution in [2.75, 3.05) is 6.61 Å². The van der Waals surface area contributed by atoms with Crippen LogP contribution < -0.4 is 0 Å². The standard InChI is InChI=1S/C15H28O2.C8H8O2/c1-12(2)7-6-8-14(5)9-10-17-15(16)11-13(3)4;9-8(10)6-7-4-2-1-3-5-7/h13-14H,1,6-11H2,2-5H3;1-5H,6H2,(H,9,10). The first-order valence-electron chi connectivity index (χ1n) is 9.76. The van der Waals surface area contributed by atoms with Gasteiger partial charge in [-0.1, -0.05) is 63.1 Å². The number of esters is 1. The molecule has 0 saturated heterocycles. The molecule has 0 aromatic heterocycles. The lowest BCUT2D eigenvalue weighted by Gasteiger charge is -2.12. The minimum Gasteiger partial charge on any atom is -0.481 e. The van der Waals surface area contributed by atoms with Crippen LogP contribution in [0.3, 0.4) is 0 Å². The van der Waals surface area contributed by atoms with Gasteiger partial charge in [-0.25, -0.2) is 0 Å².